The van der Waals surface area contributed by atoms with Crippen LogP contribution >= 0.6 is 28.3 Å². The van der Waals surface area contributed by atoms with Crippen LogP contribution in [-0.2, 0) is 4.57 Å². The van der Waals surface area contributed by atoms with Crippen LogP contribution in [0.4, 0.5) is 0 Å². The fraction of sp³-hybridized carbons (Fsp3) is 0. The maximum absolute atomic E-state index is 10.7. The molecule has 0 heterocycles. The van der Waals surface area contributed by atoms with Gasteiger partial charge in [0.25, 0.3) is 0 Å². The molecule has 0 aliphatic heterocycles. The molecule has 0 aliphatic rings. The zero-order valence-corrected chi connectivity index (χ0v) is 8.40. The summed E-state index contributed by atoms with van der Waals surface area (Å²) in [6.07, 6.45) is 0. The highest BCUT2D eigenvalue weighted by atomic mass is 35.9. The van der Waals surface area contributed by atoms with Gasteiger partial charge in [-0.2, -0.15) is 0 Å². The zero-order chi connectivity index (χ0) is 9.03. The van der Waals surface area contributed by atoms with E-state index >= 15 is 0 Å². The lowest BCUT2D eigenvalue weighted by Gasteiger charge is -1.87. The second-order valence-electron chi connectivity index (χ2n) is 2.07. The summed E-state index contributed by atoms with van der Waals surface area (Å²) >= 11 is 10.5. The number of hydrogen-bond donors (Lipinski definition) is 0. The van der Waals surface area contributed by atoms with Crippen LogP contribution in [0.1, 0.15) is 5.56 Å². The SMILES string of the molecule is O=P(Cl)(Cl)C#Cc1ccccc1. The second-order valence-corrected chi connectivity index (χ2v) is 6.59. The highest BCUT2D eigenvalue weighted by molar-refractivity contribution is 8.11. The summed E-state index contributed by atoms with van der Waals surface area (Å²) in [6, 6.07) is 9.11. The van der Waals surface area contributed by atoms with Crippen molar-refractivity contribution in [3.05, 3.63) is 35.9 Å². The molecule has 0 saturated heterocycles. The minimum atomic E-state index is -3.25. The van der Waals surface area contributed by atoms with Crippen molar-refractivity contribution in [2.75, 3.05) is 0 Å². The summed E-state index contributed by atoms with van der Waals surface area (Å²) in [5.41, 5.74) is 3.02. The normalized spacial score (nSPS) is 10.2. The van der Waals surface area contributed by atoms with Gasteiger partial charge in [-0.3, -0.25) is 4.57 Å². The van der Waals surface area contributed by atoms with Gasteiger partial charge < -0.3 is 0 Å². The van der Waals surface area contributed by atoms with Gasteiger partial charge in [0.05, 0.1) is 0 Å². The summed E-state index contributed by atoms with van der Waals surface area (Å²) in [5.74, 6) is -0.640. The van der Waals surface area contributed by atoms with E-state index < -0.39 is 5.85 Å². The predicted molar refractivity (Wildman–Crippen MR) is 52.6 cm³/mol. The first-order valence-electron chi connectivity index (χ1n) is 3.15. The van der Waals surface area contributed by atoms with Crippen molar-refractivity contribution in [2.24, 2.45) is 0 Å². The van der Waals surface area contributed by atoms with Crippen LogP contribution in [-0.4, -0.2) is 0 Å². The van der Waals surface area contributed by atoms with Gasteiger partial charge in [0.15, 0.2) is 0 Å². The van der Waals surface area contributed by atoms with E-state index in [4.69, 9.17) is 22.5 Å². The van der Waals surface area contributed by atoms with Gasteiger partial charge in [0.1, 0.15) is 0 Å². The molecule has 0 amide bonds. The molecule has 12 heavy (non-hydrogen) atoms. The Balaban J connectivity index is 2.88. The molecule has 0 N–H and O–H groups in total. The van der Waals surface area contributed by atoms with Gasteiger partial charge in [0.2, 0.25) is 0 Å². The van der Waals surface area contributed by atoms with E-state index in [-0.39, 0.29) is 0 Å². The Morgan fingerprint density at radius 3 is 2.25 bits per heavy atom. The largest absolute Gasteiger partial charge is 0.323 e. The van der Waals surface area contributed by atoms with Gasteiger partial charge in [0, 0.05) is 5.56 Å². The fourth-order valence-corrected chi connectivity index (χ4v) is 1.16. The summed E-state index contributed by atoms with van der Waals surface area (Å²) in [7, 11) is 0. The minimum Gasteiger partial charge on any atom is -0.275 e. The molecule has 0 saturated carbocycles. The smallest absolute Gasteiger partial charge is 0.275 e. The van der Waals surface area contributed by atoms with E-state index in [0.717, 1.165) is 5.56 Å². The predicted octanol–water partition coefficient (Wildman–Crippen LogP) is 3.67. The molecule has 0 radical (unpaired) electrons. The van der Waals surface area contributed by atoms with E-state index in [1.54, 1.807) is 12.1 Å². The lowest BCUT2D eigenvalue weighted by atomic mass is 10.2. The third-order valence-electron chi connectivity index (χ3n) is 1.10. The molecule has 0 unspecified atom stereocenters. The van der Waals surface area contributed by atoms with Gasteiger partial charge in [-0.25, -0.2) is 0 Å². The van der Waals surface area contributed by atoms with Crippen molar-refractivity contribution in [1.29, 1.82) is 0 Å². The van der Waals surface area contributed by atoms with Crippen molar-refractivity contribution in [3.8, 4) is 11.6 Å². The Morgan fingerprint density at radius 2 is 1.75 bits per heavy atom. The van der Waals surface area contributed by atoms with Crippen LogP contribution in [0.5, 0.6) is 0 Å². The first-order valence-corrected chi connectivity index (χ1v) is 6.67. The number of benzene rings is 1. The highest BCUT2D eigenvalue weighted by Crippen LogP contribution is 2.55. The number of hydrogen-bond acceptors (Lipinski definition) is 1. The van der Waals surface area contributed by atoms with Crippen LogP contribution in [0, 0.1) is 11.6 Å². The molecule has 62 valence electrons. The van der Waals surface area contributed by atoms with E-state index in [0.29, 0.717) is 0 Å². The third kappa shape index (κ3) is 3.83. The minimum absolute atomic E-state index is 0.749. The van der Waals surface area contributed by atoms with Gasteiger partial charge in [-0.05, 0) is 40.3 Å². The lowest BCUT2D eigenvalue weighted by molar-refractivity contribution is 0.598. The van der Waals surface area contributed by atoms with E-state index in [1.807, 2.05) is 18.2 Å². The number of halogens is 2. The lowest BCUT2D eigenvalue weighted by Crippen LogP contribution is -1.68. The maximum atomic E-state index is 10.7. The molecule has 1 nitrogen and oxygen atoms in total. The van der Waals surface area contributed by atoms with Crippen molar-refractivity contribution in [3.63, 3.8) is 0 Å². The van der Waals surface area contributed by atoms with E-state index in [2.05, 4.69) is 11.6 Å². The zero-order valence-electron chi connectivity index (χ0n) is 6.00. The van der Waals surface area contributed by atoms with Crippen LogP contribution in [0.25, 0.3) is 0 Å². The first-order chi connectivity index (χ1) is 5.58. The molecule has 1 aromatic carbocycles. The van der Waals surface area contributed by atoms with Crippen molar-refractivity contribution < 1.29 is 4.57 Å². The second kappa shape index (κ2) is 4.01. The molecule has 4 heteroatoms. The van der Waals surface area contributed by atoms with Crippen LogP contribution in [0.3, 0.4) is 0 Å². The van der Waals surface area contributed by atoms with Gasteiger partial charge >= 0.3 is 5.85 Å². The molecule has 0 atom stereocenters. The molecule has 0 aromatic heterocycles. The monoisotopic (exact) mass is 218 g/mol. The fourth-order valence-electron chi connectivity index (χ4n) is 0.651. The Labute approximate surface area is 80.6 Å². The Morgan fingerprint density at radius 1 is 1.17 bits per heavy atom. The van der Waals surface area contributed by atoms with E-state index in [1.165, 1.54) is 0 Å². The molecule has 1 rings (SSSR count). The molecular weight excluding hydrogens is 214 g/mol. The quantitative estimate of drug-likeness (QED) is 0.480. The summed E-state index contributed by atoms with van der Waals surface area (Å²) in [6.45, 7) is 0. The molecule has 0 bridgehead atoms. The van der Waals surface area contributed by atoms with Crippen molar-refractivity contribution >= 4 is 28.3 Å². The topological polar surface area (TPSA) is 17.1 Å². The molecule has 1 aromatic rings. The highest BCUT2D eigenvalue weighted by Gasteiger charge is 2.06. The number of rotatable bonds is 0. The Bertz CT molecular complexity index is 358. The third-order valence-corrected chi connectivity index (χ3v) is 1.98. The molecule has 0 fully saturated rings. The maximum Gasteiger partial charge on any atom is 0.323 e. The average Bonchev–Trinajstić information content (AvgIpc) is 2.02. The average molecular weight is 219 g/mol. The van der Waals surface area contributed by atoms with Crippen molar-refractivity contribution in [2.45, 2.75) is 0 Å². The first kappa shape index (κ1) is 9.68. The molecule has 0 aliphatic carbocycles. The van der Waals surface area contributed by atoms with Crippen LogP contribution in [0.2, 0.25) is 0 Å². The van der Waals surface area contributed by atoms with Gasteiger partial charge in [-0.15, -0.1) is 0 Å². The van der Waals surface area contributed by atoms with E-state index in [9.17, 15) is 4.57 Å². The molecular formula is C8H5Cl2OP. The Hall–Kier alpha value is -0.410. The van der Waals surface area contributed by atoms with Crippen molar-refractivity contribution in [1.82, 2.24) is 0 Å². The van der Waals surface area contributed by atoms with Crippen LogP contribution < -0.4 is 0 Å². The summed E-state index contributed by atoms with van der Waals surface area (Å²) < 4.78 is 10.7. The summed E-state index contributed by atoms with van der Waals surface area (Å²) in [5, 5.41) is 0. The van der Waals surface area contributed by atoms with Gasteiger partial charge in [-0.1, -0.05) is 24.1 Å². The Kier molecular flexibility index (Phi) is 3.23. The molecule has 0 spiro atoms. The van der Waals surface area contributed by atoms with Crippen LogP contribution in [0.15, 0.2) is 30.3 Å². The standard InChI is InChI=1S/C8H5Cl2OP/c9-12(10,11)7-6-8-4-2-1-3-5-8/h1-5H. The summed E-state index contributed by atoms with van der Waals surface area (Å²) in [4.78, 5) is 0.